The van der Waals surface area contributed by atoms with E-state index in [-0.39, 0.29) is 11.5 Å². The Kier molecular flexibility index (Phi) is 5.37. The lowest BCUT2D eigenvalue weighted by atomic mass is 10.1. The van der Waals surface area contributed by atoms with Crippen LogP contribution < -0.4 is 15.3 Å². The molecule has 3 aromatic rings. The molecule has 0 aliphatic rings. The number of fused-ring (bicyclic) bond motifs is 1. The molecule has 0 atom stereocenters. The first-order chi connectivity index (χ1) is 12.9. The van der Waals surface area contributed by atoms with Gasteiger partial charge in [-0.25, -0.2) is 4.83 Å². The number of carbonyl (C=O) groups excluding carboxylic acids is 1. The molecule has 1 amide bonds. The normalized spacial score (nSPS) is 11.6. The van der Waals surface area contributed by atoms with Crippen LogP contribution in [-0.2, 0) is 14.8 Å². The van der Waals surface area contributed by atoms with Crippen molar-refractivity contribution >= 4 is 32.9 Å². The maximum Gasteiger partial charge on any atom is 0.276 e. The Morgan fingerprint density at radius 3 is 2.44 bits per heavy atom. The minimum atomic E-state index is -3.77. The molecule has 3 rings (SSSR count). The predicted molar refractivity (Wildman–Crippen MR) is 103 cm³/mol. The minimum absolute atomic E-state index is 0.133. The summed E-state index contributed by atoms with van der Waals surface area (Å²) in [4.78, 5) is 13.0. The number of sulfonamides is 1. The van der Waals surface area contributed by atoms with E-state index in [4.69, 9.17) is 10.5 Å². The fourth-order valence-electron chi connectivity index (χ4n) is 2.36. The molecular formula is C19H17N3O4S. The highest BCUT2D eigenvalue weighted by atomic mass is 32.2. The minimum Gasteiger partial charge on any atom is -0.484 e. The average Bonchev–Trinajstić information content (AvgIpc) is 2.67. The van der Waals surface area contributed by atoms with Crippen molar-refractivity contribution in [1.82, 2.24) is 4.83 Å². The van der Waals surface area contributed by atoms with Crippen molar-refractivity contribution in [3.63, 3.8) is 0 Å². The second kappa shape index (κ2) is 7.88. The van der Waals surface area contributed by atoms with E-state index in [1.165, 1.54) is 12.3 Å². The van der Waals surface area contributed by atoms with Crippen LogP contribution in [0.25, 0.3) is 10.8 Å². The Morgan fingerprint density at radius 1 is 1.04 bits per heavy atom. The summed E-state index contributed by atoms with van der Waals surface area (Å²) in [5.74, 6) is -0.0913. The van der Waals surface area contributed by atoms with Crippen molar-refractivity contribution in [2.24, 2.45) is 10.8 Å². The molecule has 7 nitrogen and oxygen atoms in total. The Bertz CT molecular complexity index is 1090. The summed E-state index contributed by atoms with van der Waals surface area (Å²) in [7, 11) is -3.77. The Morgan fingerprint density at radius 2 is 1.74 bits per heavy atom. The zero-order valence-corrected chi connectivity index (χ0v) is 15.0. The predicted octanol–water partition coefficient (Wildman–Crippen LogP) is 2.02. The summed E-state index contributed by atoms with van der Waals surface area (Å²) in [6, 6.07) is 19.0. The van der Waals surface area contributed by atoms with Crippen LogP contribution in [0.1, 0.15) is 5.56 Å². The number of hydrogen-bond donors (Lipinski definition) is 2. The molecule has 0 bridgehead atoms. The molecule has 0 aliphatic heterocycles. The number of amides is 1. The van der Waals surface area contributed by atoms with E-state index in [2.05, 4.69) is 9.93 Å². The quantitative estimate of drug-likeness (QED) is 0.480. The molecule has 0 saturated heterocycles. The smallest absolute Gasteiger partial charge is 0.276 e. The van der Waals surface area contributed by atoms with E-state index in [0.717, 1.165) is 10.8 Å². The number of ether oxygens (including phenoxy) is 1. The first-order valence-electron chi connectivity index (χ1n) is 7.99. The largest absolute Gasteiger partial charge is 0.484 e. The molecule has 8 heteroatoms. The van der Waals surface area contributed by atoms with Crippen LogP contribution in [0, 0.1) is 0 Å². The maximum atomic E-state index is 12.4. The van der Waals surface area contributed by atoms with Crippen molar-refractivity contribution < 1.29 is 17.9 Å². The summed E-state index contributed by atoms with van der Waals surface area (Å²) in [5, 5.41) is 5.58. The number of nitrogens with two attached hydrogens (primary N) is 1. The Hall–Kier alpha value is -3.39. The Balaban J connectivity index is 1.67. The van der Waals surface area contributed by atoms with Crippen LogP contribution in [0.5, 0.6) is 5.75 Å². The number of hydrazone groups is 1. The van der Waals surface area contributed by atoms with E-state index in [9.17, 15) is 13.2 Å². The van der Waals surface area contributed by atoms with Gasteiger partial charge in [0.2, 0.25) is 0 Å². The second-order valence-corrected chi connectivity index (χ2v) is 7.35. The molecule has 3 aromatic carbocycles. The second-order valence-electron chi connectivity index (χ2n) is 5.69. The lowest BCUT2D eigenvalue weighted by Gasteiger charge is -2.05. The molecule has 138 valence electrons. The number of benzene rings is 3. The van der Waals surface area contributed by atoms with Gasteiger partial charge in [0.1, 0.15) is 5.75 Å². The maximum absolute atomic E-state index is 12.4. The fourth-order valence-corrected chi connectivity index (χ4v) is 3.19. The van der Waals surface area contributed by atoms with Crippen molar-refractivity contribution in [3.8, 4) is 5.75 Å². The van der Waals surface area contributed by atoms with Crippen molar-refractivity contribution in [3.05, 3.63) is 72.3 Å². The number of rotatable bonds is 7. The number of carbonyl (C=O) groups is 1. The van der Waals surface area contributed by atoms with E-state index in [1.807, 2.05) is 24.3 Å². The van der Waals surface area contributed by atoms with Crippen LogP contribution >= 0.6 is 0 Å². The van der Waals surface area contributed by atoms with Gasteiger partial charge < -0.3 is 10.5 Å². The third-order valence-electron chi connectivity index (χ3n) is 3.68. The van der Waals surface area contributed by atoms with Crippen LogP contribution in [0.4, 0.5) is 0 Å². The van der Waals surface area contributed by atoms with Crippen molar-refractivity contribution in [1.29, 1.82) is 0 Å². The summed E-state index contributed by atoms with van der Waals surface area (Å²) in [5.41, 5.74) is 5.66. The van der Waals surface area contributed by atoms with Crippen molar-refractivity contribution in [2.45, 2.75) is 4.90 Å². The molecular weight excluding hydrogens is 366 g/mol. The molecule has 0 saturated carbocycles. The zero-order chi connectivity index (χ0) is 19.3. The van der Waals surface area contributed by atoms with E-state index < -0.39 is 15.9 Å². The van der Waals surface area contributed by atoms with Crippen LogP contribution in [0.3, 0.4) is 0 Å². The average molecular weight is 383 g/mol. The summed E-state index contributed by atoms with van der Waals surface area (Å²) in [6.07, 6.45) is 1.37. The molecule has 0 fully saturated rings. The number of nitrogens with one attached hydrogen (secondary N) is 1. The van der Waals surface area contributed by atoms with Crippen LogP contribution in [0.2, 0.25) is 0 Å². The molecule has 0 heterocycles. The van der Waals surface area contributed by atoms with Gasteiger partial charge in [0.05, 0.1) is 11.1 Å². The van der Waals surface area contributed by atoms with Crippen molar-refractivity contribution in [2.75, 3.05) is 6.61 Å². The van der Waals surface area contributed by atoms with E-state index in [0.29, 0.717) is 11.3 Å². The highest BCUT2D eigenvalue weighted by Gasteiger charge is 2.13. The number of hydrogen-bond acceptors (Lipinski definition) is 5. The van der Waals surface area contributed by atoms with Gasteiger partial charge in [-0.2, -0.15) is 13.5 Å². The van der Waals surface area contributed by atoms with Crippen LogP contribution in [0.15, 0.2) is 76.7 Å². The monoisotopic (exact) mass is 383 g/mol. The van der Waals surface area contributed by atoms with Gasteiger partial charge in [-0.15, -0.1) is 0 Å². The molecule has 0 aromatic heterocycles. The summed E-state index contributed by atoms with van der Waals surface area (Å²) in [6.45, 7) is -0.209. The standard InChI is InChI=1S/C19H17N3O4S/c20-19(23)13-26-17-8-5-14(6-9-17)12-21-22-27(24,25)18-10-7-15-3-1-2-4-16(15)11-18/h1-12,22H,13H2,(H2,20,23). The number of primary amides is 1. The van der Waals surface area contributed by atoms with Gasteiger partial charge in [-0.3, -0.25) is 4.79 Å². The lowest BCUT2D eigenvalue weighted by Crippen LogP contribution is -2.20. The van der Waals surface area contributed by atoms with Gasteiger partial charge in [-0.05, 0) is 52.7 Å². The number of nitrogens with zero attached hydrogens (tertiary/aromatic N) is 1. The van der Waals surface area contributed by atoms with Gasteiger partial charge in [-0.1, -0.05) is 30.3 Å². The first kappa shape index (κ1) is 18.4. The summed E-state index contributed by atoms with van der Waals surface area (Å²) >= 11 is 0. The third kappa shape index (κ3) is 4.83. The molecule has 3 N–H and O–H groups in total. The molecule has 0 aliphatic carbocycles. The van der Waals surface area contributed by atoms with E-state index >= 15 is 0 Å². The SMILES string of the molecule is NC(=O)COc1ccc(C=NNS(=O)(=O)c2ccc3ccccc3c2)cc1. The fraction of sp³-hybridized carbons (Fsp3) is 0.0526. The van der Waals surface area contributed by atoms with Gasteiger partial charge >= 0.3 is 0 Å². The van der Waals surface area contributed by atoms with Crippen LogP contribution in [-0.4, -0.2) is 27.1 Å². The van der Waals surface area contributed by atoms with Gasteiger partial charge in [0.15, 0.2) is 6.61 Å². The topological polar surface area (TPSA) is 111 Å². The highest BCUT2D eigenvalue weighted by molar-refractivity contribution is 7.89. The summed E-state index contributed by atoms with van der Waals surface area (Å²) < 4.78 is 29.9. The van der Waals surface area contributed by atoms with Gasteiger partial charge in [0.25, 0.3) is 15.9 Å². The highest BCUT2D eigenvalue weighted by Crippen LogP contribution is 2.18. The zero-order valence-electron chi connectivity index (χ0n) is 14.2. The van der Waals surface area contributed by atoms with Gasteiger partial charge in [0, 0.05) is 0 Å². The molecule has 27 heavy (non-hydrogen) atoms. The third-order valence-corrected chi connectivity index (χ3v) is 4.90. The Labute approximate surface area is 156 Å². The molecule has 0 spiro atoms. The lowest BCUT2D eigenvalue weighted by molar-refractivity contribution is -0.119. The molecule has 0 unspecified atom stereocenters. The molecule has 0 radical (unpaired) electrons. The van der Waals surface area contributed by atoms with E-state index in [1.54, 1.807) is 36.4 Å². The first-order valence-corrected chi connectivity index (χ1v) is 9.47.